The Kier molecular flexibility index (Phi) is 2.60. The molecule has 0 fully saturated rings. The number of pyridine rings is 1. The Balaban J connectivity index is 2.11. The van der Waals surface area contributed by atoms with E-state index in [1.807, 2.05) is 48.5 Å². The van der Waals surface area contributed by atoms with Crippen LogP contribution < -0.4 is 5.56 Å². The zero-order valence-electron chi connectivity index (χ0n) is 11.6. The van der Waals surface area contributed by atoms with Gasteiger partial charge < -0.3 is 0 Å². The second-order valence-electron chi connectivity index (χ2n) is 5.01. The minimum atomic E-state index is -0.123. The predicted octanol–water partition coefficient (Wildman–Crippen LogP) is 2.85. The van der Waals surface area contributed by atoms with Crippen LogP contribution in [0, 0.1) is 12.3 Å². The van der Waals surface area contributed by atoms with Crippen molar-refractivity contribution in [1.29, 1.82) is 0 Å². The largest absolute Gasteiger partial charge is 0.290 e. The van der Waals surface area contributed by atoms with Crippen molar-refractivity contribution in [2.45, 2.75) is 0 Å². The minimum Gasteiger partial charge on any atom is -0.290 e. The Morgan fingerprint density at radius 1 is 1.09 bits per heavy atom. The number of fused-ring (bicyclic) bond motifs is 3. The lowest BCUT2D eigenvalue weighted by Crippen LogP contribution is -2.13. The van der Waals surface area contributed by atoms with Crippen LogP contribution in [0.15, 0.2) is 59.5 Å². The molecule has 4 heteroatoms. The minimum absolute atomic E-state index is 0.123. The van der Waals surface area contributed by atoms with Crippen molar-refractivity contribution in [2.75, 3.05) is 0 Å². The molecule has 0 bridgehead atoms. The second kappa shape index (κ2) is 4.61. The van der Waals surface area contributed by atoms with Gasteiger partial charge in [0.05, 0.1) is 22.1 Å². The molecule has 0 radical (unpaired) electrons. The number of benzene rings is 2. The van der Waals surface area contributed by atoms with E-state index in [0.29, 0.717) is 5.39 Å². The first-order valence-electron chi connectivity index (χ1n) is 6.83. The third-order valence-electron chi connectivity index (χ3n) is 3.71. The number of H-pyrrole nitrogens is 1. The van der Waals surface area contributed by atoms with Crippen LogP contribution in [-0.4, -0.2) is 14.8 Å². The SMILES string of the molecule is C#Cc1ccc2ncc3c(=O)n(-c4ccccc4)[nH]c3c2c1. The topological polar surface area (TPSA) is 50.7 Å². The summed E-state index contributed by atoms with van der Waals surface area (Å²) in [5, 5.41) is 4.56. The van der Waals surface area contributed by atoms with Crippen LogP contribution in [0.3, 0.4) is 0 Å². The van der Waals surface area contributed by atoms with E-state index >= 15 is 0 Å². The molecule has 4 nitrogen and oxygen atoms in total. The fourth-order valence-electron chi connectivity index (χ4n) is 2.61. The molecular formula is C18H11N3O. The van der Waals surface area contributed by atoms with Gasteiger partial charge in [-0.2, -0.15) is 0 Å². The molecule has 0 aliphatic carbocycles. The molecule has 0 saturated heterocycles. The molecular weight excluding hydrogens is 274 g/mol. The van der Waals surface area contributed by atoms with Crippen LogP contribution in [-0.2, 0) is 0 Å². The monoisotopic (exact) mass is 285 g/mol. The molecule has 1 N–H and O–H groups in total. The van der Waals surface area contributed by atoms with E-state index in [-0.39, 0.29) is 5.56 Å². The summed E-state index contributed by atoms with van der Waals surface area (Å²) >= 11 is 0. The number of para-hydroxylation sites is 1. The number of hydrogen-bond acceptors (Lipinski definition) is 2. The molecule has 2 aromatic carbocycles. The first-order valence-corrected chi connectivity index (χ1v) is 6.83. The maximum atomic E-state index is 12.6. The fourth-order valence-corrected chi connectivity index (χ4v) is 2.61. The highest BCUT2D eigenvalue weighted by molar-refractivity contribution is 6.03. The van der Waals surface area contributed by atoms with E-state index < -0.39 is 0 Å². The average Bonchev–Trinajstić information content (AvgIpc) is 2.92. The van der Waals surface area contributed by atoms with Gasteiger partial charge in [-0.3, -0.25) is 14.9 Å². The fraction of sp³-hybridized carbons (Fsp3) is 0. The van der Waals surface area contributed by atoms with Gasteiger partial charge in [0.1, 0.15) is 0 Å². The molecule has 4 rings (SSSR count). The molecule has 104 valence electrons. The predicted molar refractivity (Wildman–Crippen MR) is 87.1 cm³/mol. The molecule has 0 aliphatic heterocycles. The van der Waals surface area contributed by atoms with E-state index in [0.717, 1.165) is 27.7 Å². The smallest absolute Gasteiger partial charge is 0.280 e. The van der Waals surface area contributed by atoms with Crippen molar-refractivity contribution in [3.05, 3.63) is 70.6 Å². The van der Waals surface area contributed by atoms with Gasteiger partial charge in [0.2, 0.25) is 0 Å². The van der Waals surface area contributed by atoms with Crippen LogP contribution in [0.5, 0.6) is 0 Å². The molecule has 0 atom stereocenters. The number of rotatable bonds is 1. The van der Waals surface area contributed by atoms with Crippen molar-refractivity contribution in [3.8, 4) is 18.0 Å². The summed E-state index contributed by atoms with van der Waals surface area (Å²) in [4.78, 5) is 16.9. The van der Waals surface area contributed by atoms with Crippen molar-refractivity contribution in [2.24, 2.45) is 0 Å². The second-order valence-corrected chi connectivity index (χ2v) is 5.01. The Bertz CT molecular complexity index is 1100. The quantitative estimate of drug-likeness (QED) is 0.547. The lowest BCUT2D eigenvalue weighted by molar-refractivity contribution is 0.864. The first kappa shape index (κ1) is 12.4. The molecule has 0 aliphatic rings. The number of terminal acetylenes is 1. The van der Waals surface area contributed by atoms with Crippen LogP contribution >= 0.6 is 0 Å². The van der Waals surface area contributed by atoms with Gasteiger partial charge >= 0.3 is 0 Å². The Morgan fingerprint density at radius 3 is 2.68 bits per heavy atom. The first-order chi connectivity index (χ1) is 10.8. The van der Waals surface area contributed by atoms with Crippen molar-refractivity contribution >= 4 is 21.8 Å². The summed E-state index contributed by atoms with van der Waals surface area (Å²) < 4.78 is 1.52. The summed E-state index contributed by atoms with van der Waals surface area (Å²) in [5.41, 5.74) is 2.96. The summed E-state index contributed by atoms with van der Waals surface area (Å²) in [6, 6.07) is 15.0. The molecule has 4 aromatic rings. The average molecular weight is 285 g/mol. The summed E-state index contributed by atoms with van der Waals surface area (Å²) in [7, 11) is 0. The molecule has 2 heterocycles. The molecule has 22 heavy (non-hydrogen) atoms. The van der Waals surface area contributed by atoms with Gasteiger partial charge in [-0.25, -0.2) is 4.68 Å². The van der Waals surface area contributed by atoms with Gasteiger partial charge in [0.15, 0.2) is 0 Å². The van der Waals surface area contributed by atoms with E-state index in [4.69, 9.17) is 6.42 Å². The number of aromatic nitrogens is 3. The van der Waals surface area contributed by atoms with E-state index in [1.165, 1.54) is 4.68 Å². The van der Waals surface area contributed by atoms with Crippen LogP contribution in [0.2, 0.25) is 0 Å². The number of aromatic amines is 1. The van der Waals surface area contributed by atoms with Crippen LogP contribution in [0.1, 0.15) is 5.56 Å². The Morgan fingerprint density at radius 2 is 1.91 bits per heavy atom. The van der Waals surface area contributed by atoms with Gasteiger partial charge in [0.25, 0.3) is 5.56 Å². The maximum absolute atomic E-state index is 12.6. The molecule has 0 unspecified atom stereocenters. The van der Waals surface area contributed by atoms with Gasteiger partial charge in [-0.1, -0.05) is 24.1 Å². The van der Waals surface area contributed by atoms with E-state index in [2.05, 4.69) is 16.0 Å². The summed E-state index contributed by atoms with van der Waals surface area (Å²) in [6.07, 6.45) is 7.07. The molecule has 2 aromatic heterocycles. The summed E-state index contributed by atoms with van der Waals surface area (Å²) in [5.74, 6) is 2.61. The normalized spacial score (nSPS) is 10.9. The van der Waals surface area contributed by atoms with Gasteiger partial charge in [0, 0.05) is 17.1 Å². The third kappa shape index (κ3) is 1.73. The van der Waals surface area contributed by atoms with Crippen LogP contribution in [0.25, 0.3) is 27.5 Å². The van der Waals surface area contributed by atoms with Gasteiger partial charge in [-0.05, 0) is 30.3 Å². The highest BCUT2D eigenvalue weighted by Gasteiger charge is 2.11. The lowest BCUT2D eigenvalue weighted by atomic mass is 10.1. The molecule has 0 saturated carbocycles. The highest BCUT2D eigenvalue weighted by Crippen LogP contribution is 2.22. The summed E-state index contributed by atoms with van der Waals surface area (Å²) in [6.45, 7) is 0. The highest BCUT2D eigenvalue weighted by atomic mass is 16.1. The number of nitrogens with one attached hydrogen (secondary N) is 1. The van der Waals surface area contributed by atoms with Gasteiger partial charge in [-0.15, -0.1) is 6.42 Å². The van der Waals surface area contributed by atoms with E-state index in [9.17, 15) is 4.79 Å². The zero-order valence-corrected chi connectivity index (χ0v) is 11.6. The zero-order chi connectivity index (χ0) is 15.1. The lowest BCUT2D eigenvalue weighted by Gasteiger charge is -2.00. The third-order valence-corrected chi connectivity index (χ3v) is 3.71. The Hall–Kier alpha value is -3.32. The van der Waals surface area contributed by atoms with Crippen molar-refractivity contribution in [3.63, 3.8) is 0 Å². The van der Waals surface area contributed by atoms with Crippen molar-refractivity contribution in [1.82, 2.24) is 14.8 Å². The van der Waals surface area contributed by atoms with Crippen LogP contribution in [0.4, 0.5) is 0 Å². The Labute approximate surface area is 126 Å². The molecule has 0 spiro atoms. The number of nitrogens with zero attached hydrogens (tertiary/aromatic N) is 2. The molecule has 0 amide bonds. The van der Waals surface area contributed by atoms with E-state index in [1.54, 1.807) is 6.20 Å². The van der Waals surface area contributed by atoms with Crippen molar-refractivity contribution < 1.29 is 0 Å². The number of hydrogen-bond donors (Lipinski definition) is 1. The maximum Gasteiger partial charge on any atom is 0.280 e. The standard InChI is InChI=1S/C18H11N3O/c1-2-12-8-9-16-14(10-12)17-15(11-19-16)18(22)21(20-17)13-6-4-3-5-7-13/h1,3-11,20H.